The van der Waals surface area contributed by atoms with Crippen LogP contribution in [0.25, 0.3) is 0 Å². The number of carbonyl (C=O) groups excluding carboxylic acids is 1. The summed E-state index contributed by atoms with van der Waals surface area (Å²) in [5.74, 6) is 1.05. The number of epoxide rings is 1. The summed E-state index contributed by atoms with van der Waals surface area (Å²) in [7, 11) is 3.15. The van der Waals surface area contributed by atoms with Crippen LogP contribution in [0.1, 0.15) is 39.7 Å². The van der Waals surface area contributed by atoms with Gasteiger partial charge in [-0.25, -0.2) is 4.79 Å². The third-order valence-electron chi connectivity index (χ3n) is 4.26. The van der Waals surface area contributed by atoms with E-state index in [4.69, 9.17) is 18.9 Å². The van der Waals surface area contributed by atoms with E-state index in [0.29, 0.717) is 11.5 Å². The summed E-state index contributed by atoms with van der Waals surface area (Å²) in [6, 6.07) is 5.41. The van der Waals surface area contributed by atoms with Crippen LogP contribution in [-0.2, 0) is 19.9 Å². The molecule has 3 unspecified atom stereocenters. The molecule has 1 aromatic rings. The Labute approximate surface area is 137 Å². The molecule has 1 aliphatic heterocycles. The molecule has 0 bridgehead atoms. The Hall–Kier alpha value is -1.75. The zero-order valence-electron chi connectivity index (χ0n) is 14.7. The van der Waals surface area contributed by atoms with E-state index in [1.807, 2.05) is 33.8 Å². The number of hydrogen-bond acceptors (Lipinski definition) is 5. The molecule has 0 N–H and O–H groups in total. The van der Waals surface area contributed by atoms with E-state index in [0.717, 1.165) is 12.0 Å². The van der Waals surface area contributed by atoms with Gasteiger partial charge in [-0.1, -0.05) is 26.8 Å². The molecule has 5 heteroatoms. The van der Waals surface area contributed by atoms with E-state index in [9.17, 15) is 4.79 Å². The van der Waals surface area contributed by atoms with Crippen LogP contribution in [0.4, 0.5) is 0 Å². The van der Waals surface area contributed by atoms with Crippen molar-refractivity contribution in [2.75, 3.05) is 14.2 Å². The third kappa shape index (κ3) is 3.15. The van der Waals surface area contributed by atoms with E-state index < -0.39 is 5.60 Å². The number of esters is 1. The number of hydrogen-bond donors (Lipinski definition) is 0. The topological polar surface area (TPSA) is 57.3 Å². The average Bonchev–Trinajstić information content (AvgIpc) is 3.31. The first-order valence-corrected chi connectivity index (χ1v) is 8.02. The lowest BCUT2D eigenvalue weighted by Gasteiger charge is -2.19. The molecule has 1 aromatic carbocycles. The van der Waals surface area contributed by atoms with Crippen molar-refractivity contribution in [3.8, 4) is 11.5 Å². The number of methoxy groups -OCH3 is 2. The van der Waals surface area contributed by atoms with Gasteiger partial charge >= 0.3 is 5.97 Å². The third-order valence-corrected chi connectivity index (χ3v) is 4.26. The van der Waals surface area contributed by atoms with E-state index in [2.05, 4.69) is 0 Å². The zero-order chi connectivity index (χ0) is 17.2. The van der Waals surface area contributed by atoms with E-state index in [-0.39, 0.29) is 24.1 Å². The number of rotatable bonds is 7. The molecule has 0 amide bonds. The summed E-state index contributed by atoms with van der Waals surface area (Å²) in [5.41, 5.74) is -0.306. The second-order valence-corrected chi connectivity index (χ2v) is 6.21. The molecule has 3 atom stereocenters. The molecule has 0 aromatic heterocycles. The zero-order valence-corrected chi connectivity index (χ0v) is 14.7. The fourth-order valence-corrected chi connectivity index (χ4v) is 2.71. The van der Waals surface area contributed by atoms with E-state index in [1.165, 1.54) is 0 Å². The van der Waals surface area contributed by atoms with Gasteiger partial charge in [0.15, 0.2) is 11.5 Å². The van der Waals surface area contributed by atoms with Crippen molar-refractivity contribution in [1.82, 2.24) is 0 Å². The highest BCUT2D eigenvalue weighted by molar-refractivity contribution is 5.85. The highest BCUT2D eigenvalue weighted by atomic mass is 16.7. The molecule has 1 heterocycles. The lowest BCUT2D eigenvalue weighted by Crippen LogP contribution is -2.31. The Kier molecular flexibility index (Phi) is 5.19. The maximum atomic E-state index is 12.7. The lowest BCUT2D eigenvalue weighted by atomic mass is 9.90. The molecule has 23 heavy (non-hydrogen) atoms. The summed E-state index contributed by atoms with van der Waals surface area (Å²) >= 11 is 0. The molecule has 0 aliphatic carbocycles. The van der Waals surface area contributed by atoms with Crippen molar-refractivity contribution in [3.05, 3.63) is 23.8 Å². The predicted molar refractivity (Wildman–Crippen MR) is 86.8 cm³/mol. The second-order valence-electron chi connectivity index (χ2n) is 6.21. The fraction of sp³-hybridized carbons (Fsp3) is 0.611. The van der Waals surface area contributed by atoms with Crippen molar-refractivity contribution >= 4 is 5.97 Å². The van der Waals surface area contributed by atoms with Crippen LogP contribution in [0.5, 0.6) is 11.5 Å². The molecular formula is C18H26O5. The molecule has 0 saturated carbocycles. The summed E-state index contributed by atoms with van der Waals surface area (Å²) in [5, 5.41) is 0. The Morgan fingerprint density at radius 2 is 1.87 bits per heavy atom. The molecule has 5 nitrogen and oxygen atoms in total. The van der Waals surface area contributed by atoms with Gasteiger partial charge in [-0.2, -0.15) is 0 Å². The SMILES string of the molecule is CCC(C)OC(=O)C1(c2ccc(OC)c(OC)c2)OC1C(C)C. The summed E-state index contributed by atoms with van der Waals surface area (Å²) in [6.45, 7) is 7.93. The van der Waals surface area contributed by atoms with Crippen molar-refractivity contribution in [1.29, 1.82) is 0 Å². The first-order chi connectivity index (χ1) is 10.9. The van der Waals surface area contributed by atoms with Gasteiger partial charge in [-0.05, 0) is 31.4 Å². The van der Waals surface area contributed by atoms with Gasteiger partial charge in [0.05, 0.1) is 20.3 Å². The molecule has 1 saturated heterocycles. The molecule has 128 valence electrons. The maximum absolute atomic E-state index is 12.7. The van der Waals surface area contributed by atoms with Gasteiger partial charge in [0.25, 0.3) is 0 Å². The summed E-state index contributed by atoms with van der Waals surface area (Å²) in [4.78, 5) is 12.7. The van der Waals surface area contributed by atoms with Crippen molar-refractivity contribution in [3.63, 3.8) is 0 Å². The van der Waals surface area contributed by atoms with Crippen LogP contribution in [0.15, 0.2) is 18.2 Å². The largest absolute Gasteiger partial charge is 0.493 e. The van der Waals surface area contributed by atoms with Crippen LogP contribution >= 0.6 is 0 Å². The number of benzene rings is 1. The Bertz CT molecular complexity index is 569. The monoisotopic (exact) mass is 322 g/mol. The quantitative estimate of drug-likeness (QED) is 0.569. The Balaban J connectivity index is 2.39. The molecule has 0 radical (unpaired) electrons. The molecule has 1 aliphatic rings. The average molecular weight is 322 g/mol. The lowest BCUT2D eigenvalue weighted by molar-refractivity contribution is -0.155. The molecule has 1 fully saturated rings. The van der Waals surface area contributed by atoms with Gasteiger partial charge < -0.3 is 18.9 Å². The molecule has 0 spiro atoms. The van der Waals surface area contributed by atoms with Crippen molar-refractivity contribution in [2.24, 2.45) is 5.92 Å². The van der Waals surface area contributed by atoms with E-state index >= 15 is 0 Å². The minimum Gasteiger partial charge on any atom is -0.493 e. The number of carbonyl (C=O) groups is 1. The minimum absolute atomic E-state index is 0.142. The normalized spacial score (nSPS) is 24.2. The van der Waals surface area contributed by atoms with Crippen LogP contribution in [0.2, 0.25) is 0 Å². The van der Waals surface area contributed by atoms with Gasteiger partial charge in [-0.15, -0.1) is 0 Å². The van der Waals surface area contributed by atoms with Gasteiger partial charge in [-0.3, -0.25) is 0 Å². The minimum atomic E-state index is -1.04. The maximum Gasteiger partial charge on any atom is 0.346 e. The van der Waals surface area contributed by atoms with E-state index in [1.54, 1.807) is 26.4 Å². The number of ether oxygens (including phenoxy) is 4. The van der Waals surface area contributed by atoms with Crippen LogP contribution in [0.3, 0.4) is 0 Å². The standard InChI is InChI=1S/C18H26O5/c1-7-12(4)22-17(19)18(16(23-18)11(2)3)13-8-9-14(20-5)15(10-13)21-6/h8-12,16H,7H2,1-6H3. The van der Waals surface area contributed by atoms with Gasteiger partial charge in [0, 0.05) is 5.56 Å². The van der Waals surface area contributed by atoms with Crippen LogP contribution in [0, 0.1) is 5.92 Å². The summed E-state index contributed by atoms with van der Waals surface area (Å²) < 4.78 is 22.0. The first-order valence-electron chi connectivity index (χ1n) is 8.02. The van der Waals surface area contributed by atoms with Crippen LogP contribution < -0.4 is 9.47 Å². The first kappa shape index (κ1) is 17.6. The Morgan fingerprint density at radius 1 is 1.22 bits per heavy atom. The summed E-state index contributed by atoms with van der Waals surface area (Å²) in [6.07, 6.45) is 0.425. The molecular weight excluding hydrogens is 296 g/mol. The van der Waals surface area contributed by atoms with Crippen LogP contribution in [-0.4, -0.2) is 32.4 Å². The highest BCUT2D eigenvalue weighted by Crippen LogP contribution is 2.52. The predicted octanol–water partition coefficient (Wildman–Crippen LogP) is 3.30. The molecule has 2 rings (SSSR count). The fourth-order valence-electron chi connectivity index (χ4n) is 2.71. The highest BCUT2D eigenvalue weighted by Gasteiger charge is 2.66. The van der Waals surface area contributed by atoms with Gasteiger partial charge in [0.1, 0.15) is 6.10 Å². The Morgan fingerprint density at radius 3 is 2.35 bits per heavy atom. The van der Waals surface area contributed by atoms with Crippen molar-refractivity contribution < 1.29 is 23.7 Å². The van der Waals surface area contributed by atoms with Gasteiger partial charge in [0.2, 0.25) is 5.60 Å². The van der Waals surface area contributed by atoms with Crippen molar-refractivity contribution in [2.45, 2.75) is 51.9 Å². The second kappa shape index (κ2) is 6.79. The smallest absolute Gasteiger partial charge is 0.346 e.